The van der Waals surface area contributed by atoms with Crippen LogP contribution in [0.15, 0.2) is 54.6 Å². The van der Waals surface area contributed by atoms with E-state index < -0.39 is 15.9 Å². The van der Waals surface area contributed by atoms with Gasteiger partial charge < -0.3 is 5.32 Å². The van der Waals surface area contributed by atoms with Crippen molar-refractivity contribution in [2.45, 2.75) is 26.8 Å². The number of carbonyl (C=O) groups excluding carboxylic acids is 1. The van der Waals surface area contributed by atoms with E-state index in [1.165, 1.54) is 0 Å². The molecule has 2 rings (SSSR count). The summed E-state index contributed by atoms with van der Waals surface area (Å²) in [6, 6.07) is 16.4. The molecule has 1 amide bonds. The number of anilines is 1. The Morgan fingerprint density at radius 1 is 1.00 bits per heavy atom. The summed E-state index contributed by atoms with van der Waals surface area (Å²) in [5.74, 6) is -1.21. The van der Waals surface area contributed by atoms with Crippen molar-refractivity contribution in [2.75, 3.05) is 10.5 Å². The van der Waals surface area contributed by atoms with Crippen molar-refractivity contribution in [3.63, 3.8) is 0 Å². The third kappa shape index (κ3) is 5.90. The number of benzene rings is 2. The molecule has 2 N–H and O–H groups in total. The fraction of sp³-hybridized carbons (Fsp3) is 0.316. The molecule has 0 aliphatic rings. The number of amides is 1. The van der Waals surface area contributed by atoms with Gasteiger partial charge >= 0.3 is 0 Å². The molecule has 25 heavy (non-hydrogen) atoms. The molecule has 0 bridgehead atoms. The Kier molecular flexibility index (Phi) is 6.20. The van der Waals surface area contributed by atoms with E-state index >= 15 is 0 Å². The fourth-order valence-electron chi connectivity index (χ4n) is 2.43. The van der Waals surface area contributed by atoms with Crippen LogP contribution >= 0.6 is 0 Å². The van der Waals surface area contributed by atoms with Gasteiger partial charge in [-0.25, -0.2) is 8.42 Å². The van der Waals surface area contributed by atoms with Crippen LogP contribution in [0.1, 0.15) is 31.0 Å². The van der Waals surface area contributed by atoms with E-state index in [1.54, 1.807) is 19.1 Å². The normalized spacial score (nSPS) is 13.7. The summed E-state index contributed by atoms with van der Waals surface area (Å²) in [5.41, 5.74) is 2.52. The van der Waals surface area contributed by atoms with Gasteiger partial charge in [-0.3, -0.25) is 9.52 Å². The number of aryl methyl sites for hydroxylation is 1. The first-order valence-electron chi connectivity index (χ1n) is 8.19. The Bertz CT molecular complexity index is 802. The van der Waals surface area contributed by atoms with Crippen LogP contribution < -0.4 is 10.0 Å². The van der Waals surface area contributed by atoms with Gasteiger partial charge in [-0.15, -0.1) is 0 Å². The fourth-order valence-corrected chi connectivity index (χ4v) is 3.82. The van der Waals surface area contributed by atoms with Gasteiger partial charge in [0.2, 0.25) is 15.9 Å². The van der Waals surface area contributed by atoms with Gasteiger partial charge in [0.1, 0.15) is 0 Å². The van der Waals surface area contributed by atoms with Crippen molar-refractivity contribution < 1.29 is 13.2 Å². The molecular weight excluding hydrogens is 336 g/mol. The zero-order valence-corrected chi connectivity index (χ0v) is 15.5. The summed E-state index contributed by atoms with van der Waals surface area (Å²) in [6.45, 7) is 5.42. The van der Waals surface area contributed by atoms with Gasteiger partial charge in [0.15, 0.2) is 0 Å². The van der Waals surface area contributed by atoms with Crippen LogP contribution in [0.25, 0.3) is 0 Å². The average Bonchev–Trinajstić information content (AvgIpc) is 2.57. The quantitative estimate of drug-likeness (QED) is 0.796. The Morgan fingerprint density at radius 3 is 2.20 bits per heavy atom. The SMILES string of the molecule is Cc1ccc(NS(=O)(=O)CC(C)C(=O)NC(C)c2ccccc2)cc1. The molecule has 5 nitrogen and oxygen atoms in total. The van der Waals surface area contributed by atoms with Gasteiger partial charge in [0, 0.05) is 5.69 Å². The molecule has 0 radical (unpaired) electrons. The number of nitrogens with one attached hydrogen (secondary N) is 2. The standard InChI is InChI=1S/C19H24N2O3S/c1-14-9-11-18(12-10-14)21-25(23,24)13-15(2)19(22)20-16(3)17-7-5-4-6-8-17/h4-12,15-16,21H,13H2,1-3H3,(H,20,22). The number of hydrogen-bond acceptors (Lipinski definition) is 3. The lowest BCUT2D eigenvalue weighted by Crippen LogP contribution is -2.36. The smallest absolute Gasteiger partial charge is 0.233 e. The third-order valence-electron chi connectivity index (χ3n) is 3.90. The van der Waals surface area contributed by atoms with Crippen molar-refractivity contribution in [2.24, 2.45) is 5.92 Å². The zero-order valence-electron chi connectivity index (χ0n) is 14.7. The van der Waals surface area contributed by atoms with Crippen LogP contribution in [0.4, 0.5) is 5.69 Å². The summed E-state index contributed by atoms with van der Waals surface area (Å²) >= 11 is 0. The minimum atomic E-state index is -3.60. The molecule has 2 atom stereocenters. The molecule has 0 saturated heterocycles. The molecule has 2 aromatic carbocycles. The maximum absolute atomic E-state index is 12.3. The molecule has 6 heteroatoms. The maximum Gasteiger partial charge on any atom is 0.233 e. The van der Waals surface area contributed by atoms with Gasteiger partial charge in [-0.1, -0.05) is 55.0 Å². The van der Waals surface area contributed by atoms with Crippen molar-refractivity contribution >= 4 is 21.6 Å². The summed E-state index contributed by atoms with van der Waals surface area (Å²) in [5, 5.41) is 2.86. The summed E-state index contributed by atoms with van der Waals surface area (Å²) < 4.78 is 27.0. The zero-order chi connectivity index (χ0) is 18.4. The van der Waals surface area contributed by atoms with E-state index in [0.29, 0.717) is 5.69 Å². The number of carbonyl (C=O) groups is 1. The predicted octanol–water partition coefficient (Wildman–Crippen LogP) is 3.25. The molecule has 0 spiro atoms. The first-order chi connectivity index (χ1) is 11.8. The second-order valence-corrected chi connectivity index (χ2v) is 8.06. The topological polar surface area (TPSA) is 75.3 Å². The molecule has 2 unspecified atom stereocenters. The second kappa shape index (κ2) is 8.16. The van der Waals surface area contributed by atoms with E-state index in [2.05, 4.69) is 10.0 Å². The Hall–Kier alpha value is -2.34. The molecule has 0 heterocycles. The second-order valence-electron chi connectivity index (χ2n) is 6.29. The number of rotatable bonds is 7. The van der Waals surface area contributed by atoms with Crippen molar-refractivity contribution in [3.05, 3.63) is 65.7 Å². The minimum absolute atomic E-state index is 0.177. The van der Waals surface area contributed by atoms with Crippen LogP contribution in [-0.4, -0.2) is 20.1 Å². The van der Waals surface area contributed by atoms with Crippen molar-refractivity contribution in [1.29, 1.82) is 0 Å². The molecule has 0 aliphatic carbocycles. The highest BCUT2D eigenvalue weighted by Gasteiger charge is 2.23. The maximum atomic E-state index is 12.3. The van der Waals surface area contributed by atoms with Gasteiger partial charge in [-0.2, -0.15) is 0 Å². The Balaban J connectivity index is 1.94. The lowest BCUT2D eigenvalue weighted by atomic mass is 10.1. The van der Waals surface area contributed by atoms with Gasteiger partial charge in [0.25, 0.3) is 0 Å². The summed E-state index contributed by atoms with van der Waals surface area (Å²) in [4.78, 5) is 12.3. The van der Waals surface area contributed by atoms with E-state index in [1.807, 2.05) is 56.3 Å². The lowest BCUT2D eigenvalue weighted by molar-refractivity contribution is -0.124. The molecule has 0 fully saturated rings. The molecular formula is C19H24N2O3S. The van der Waals surface area contributed by atoms with E-state index in [0.717, 1.165) is 11.1 Å². The first-order valence-corrected chi connectivity index (χ1v) is 9.84. The van der Waals surface area contributed by atoms with Crippen LogP contribution in [0, 0.1) is 12.8 Å². The Labute approximate surface area is 149 Å². The average molecular weight is 360 g/mol. The molecule has 0 aromatic heterocycles. The van der Waals surface area contributed by atoms with Crippen LogP contribution in [0.2, 0.25) is 0 Å². The van der Waals surface area contributed by atoms with Gasteiger partial charge in [0.05, 0.1) is 17.7 Å². The molecule has 0 saturated carbocycles. The Morgan fingerprint density at radius 2 is 1.60 bits per heavy atom. The lowest BCUT2D eigenvalue weighted by Gasteiger charge is -2.18. The predicted molar refractivity (Wildman–Crippen MR) is 101 cm³/mol. The van der Waals surface area contributed by atoms with Crippen LogP contribution in [-0.2, 0) is 14.8 Å². The third-order valence-corrected chi connectivity index (χ3v) is 5.39. The minimum Gasteiger partial charge on any atom is -0.349 e. The van der Waals surface area contributed by atoms with E-state index in [4.69, 9.17) is 0 Å². The monoisotopic (exact) mass is 360 g/mol. The number of hydrogen-bond donors (Lipinski definition) is 2. The number of sulfonamides is 1. The highest BCUT2D eigenvalue weighted by Crippen LogP contribution is 2.15. The largest absolute Gasteiger partial charge is 0.349 e. The van der Waals surface area contributed by atoms with Crippen molar-refractivity contribution in [3.8, 4) is 0 Å². The van der Waals surface area contributed by atoms with Crippen LogP contribution in [0.5, 0.6) is 0 Å². The van der Waals surface area contributed by atoms with Crippen LogP contribution in [0.3, 0.4) is 0 Å². The van der Waals surface area contributed by atoms with Gasteiger partial charge in [-0.05, 0) is 31.5 Å². The molecule has 2 aromatic rings. The summed E-state index contributed by atoms with van der Waals surface area (Å²) in [7, 11) is -3.60. The van der Waals surface area contributed by atoms with E-state index in [-0.39, 0.29) is 17.7 Å². The first kappa shape index (κ1) is 19.0. The van der Waals surface area contributed by atoms with Crippen molar-refractivity contribution in [1.82, 2.24) is 5.32 Å². The highest BCUT2D eigenvalue weighted by molar-refractivity contribution is 7.92. The summed E-state index contributed by atoms with van der Waals surface area (Å²) in [6.07, 6.45) is 0. The highest BCUT2D eigenvalue weighted by atomic mass is 32.2. The molecule has 134 valence electrons. The molecule has 0 aliphatic heterocycles. The van der Waals surface area contributed by atoms with E-state index in [9.17, 15) is 13.2 Å².